The zero-order valence-corrected chi connectivity index (χ0v) is 17.6. The topological polar surface area (TPSA) is 67.5 Å². The molecule has 0 fully saturated rings. The number of aliphatic imine (C=N–C) groups is 1. The molecule has 1 aromatic heterocycles. The van der Waals surface area contributed by atoms with Crippen LogP contribution in [0.2, 0.25) is 0 Å². The Hall–Kier alpha value is -2.09. The van der Waals surface area contributed by atoms with Gasteiger partial charge in [-0.05, 0) is 37.0 Å². The maximum Gasteiger partial charge on any atom is 0.345 e. The number of aromatic nitrogens is 3. The second-order valence-electron chi connectivity index (χ2n) is 6.84. The van der Waals surface area contributed by atoms with Gasteiger partial charge in [0.2, 0.25) is 0 Å². The molecule has 0 unspecified atom stereocenters. The number of guanidine groups is 1. The molecule has 1 N–H and O–H groups in total. The molecule has 0 amide bonds. The average molecular weight is 435 g/mol. The monoisotopic (exact) mass is 434 g/mol. The fraction of sp³-hybridized carbons (Fsp3) is 0.526. The molecule has 3 rings (SSSR count). The highest BCUT2D eigenvalue weighted by Crippen LogP contribution is 2.12. The van der Waals surface area contributed by atoms with Crippen molar-refractivity contribution < 1.29 is 0 Å². The Morgan fingerprint density at radius 2 is 2.11 bits per heavy atom. The van der Waals surface area contributed by atoms with Crippen LogP contribution in [0.25, 0.3) is 0 Å². The van der Waals surface area contributed by atoms with Crippen molar-refractivity contribution in [2.75, 3.05) is 20.6 Å². The first-order valence-electron chi connectivity index (χ1n) is 9.41. The molecule has 146 valence electrons. The lowest BCUT2D eigenvalue weighted by Crippen LogP contribution is -2.39. The standard InChI is InChI=1S/C19H27BrN6O/c1-21-18(24(2)14-15-7-9-16(20)10-8-15)22-11-5-13-26-19(27)25-12-4-3-6-17(25)23-26/h7-10H,3-6,11-14H2,1-2H3,(H,21,22). The second-order valence-corrected chi connectivity index (χ2v) is 7.76. The van der Waals surface area contributed by atoms with Crippen LogP contribution in [-0.4, -0.2) is 45.8 Å². The van der Waals surface area contributed by atoms with Gasteiger partial charge in [-0.15, -0.1) is 0 Å². The number of benzene rings is 1. The molecule has 0 saturated heterocycles. The van der Waals surface area contributed by atoms with Crippen LogP contribution in [0.15, 0.2) is 38.5 Å². The molecule has 0 radical (unpaired) electrons. The summed E-state index contributed by atoms with van der Waals surface area (Å²) in [6.45, 7) is 2.95. The van der Waals surface area contributed by atoms with Crippen molar-refractivity contribution in [3.8, 4) is 0 Å². The van der Waals surface area contributed by atoms with E-state index in [1.807, 2.05) is 23.7 Å². The van der Waals surface area contributed by atoms with E-state index in [1.54, 1.807) is 11.7 Å². The lowest BCUT2D eigenvalue weighted by molar-refractivity contribution is 0.469. The van der Waals surface area contributed by atoms with Gasteiger partial charge in [0.05, 0.1) is 0 Å². The second kappa shape index (κ2) is 9.21. The summed E-state index contributed by atoms with van der Waals surface area (Å²) in [5.41, 5.74) is 1.25. The van der Waals surface area contributed by atoms with E-state index in [9.17, 15) is 4.79 Å². The zero-order valence-electron chi connectivity index (χ0n) is 16.0. The van der Waals surface area contributed by atoms with Gasteiger partial charge in [0, 0.05) is 51.2 Å². The summed E-state index contributed by atoms with van der Waals surface area (Å²) < 4.78 is 4.51. The molecule has 0 saturated carbocycles. The molecule has 2 aromatic rings. The van der Waals surface area contributed by atoms with Gasteiger partial charge in [0.1, 0.15) is 5.82 Å². The maximum atomic E-state index is 12.3. The Bertz CT molecular complexity index is 839. The van der Waals surface area contributed by atoms with Crippen LogP contribution in [0.5, 0.6) is 0 Å². The fourth-order valence-electron chi connectivity index (χ4n) is 3.35. The summed E-state index contributed by atoms with van der Waals surface area (Å²) >= 11 is 3.46. The third-order valence-electron chi connectivity index (χ3n) is 4.77. The van der Waals surface area contributed by atoms with E-state index < -0.39 is 0 Å². The zero-order chi connectivity index (χ0) is 19.2. The Morgan fingerprint density at radius 1 is 1.33 bits per heavy atom. The summed E-state index contributed by atoms with van der Waals surface area (Å²) in [6, 6.07) is 8.28. The summed E-state index contributed by atoms with van der Waals surface area (Å²) in [6.07, 6.45) is 3.93. The number of rotatable bonds is 6. The van der Waals surface area contributed by atoms with Crippen LogP contribution < -0.4 is 11.0 Å². The minimum absolute atomic E-state index is 0.0291. The Kier molecular flexibility index (Phi) is 6.71. The number of aryl methyl sites for hydroxylation is 2. The van der Waals surface area contributed by atoms with Crippen LogP contribution in [-0.2, 0) is 26.1 Å². The molecule has 2 heterocycles. The molecule has 1 aromatic carbocycles. The van der Waals surface area contributed by atoms with Crippen molar-refractivity contribution in [3.05, 3.63) is 50.6 Å². The van der Waals surface area contributed by atoms with Crippen LogP contribution in [0.3, 0.4) is 0 Å². The third kappa shape index (κ3) is 5.00. The molecule has 1 aliphatic heterocycles. The SMILES string of the molecule is CN=C(NCCCn1nc2n(c1=O)CCCC2)N(C)Cc1ccc(Br)cc1. The van der Waals surface area contributed by atoms with E-state index in [0.717, 1.165) is 61.6 Å². The molecular formula is C19H27BrN6O. The summed E-state index contributed by atoms with van der Waals surface area (Å²) in [5.74, 6) is 1.78. The van der Waals surface area contributed by atoms with E-state index in [0.29, 0.717) is 6.54 Å². The number of halogens is 1. The first-order chi connectivity index (χ1) is 13.1. The highest BCUT2D eigenvalue weighted by Gasteiger charge is 2.16. The normalized spacial score (nSPS) is 14.1. The minimum atomic E-state index is 0.0291. The van der Waals surface area contributed by atoms with Crippen molar-refractivity contribution in [3.63, 3.8) is 0 Å². The van der Waals surface area contributed by atoms with Crippen molar-refractivity contribution >= 4 is 21.9 Å². The first kappa shape index (κ1) is 19.7. The van der Waals surface area contributed by atoms with Gasteiger partial charge in [-0.1, -0.05) is 28.1 Å². The van der Waals surface area contributed by atoms with Crippen LogP contribution in [0.4, 0.5) is 0 Å². The molecule has 8 heteroatoms. The van der Waals surface area contributed by atoms with Crippen LogP contribution >= 0.6 is 15.9 Å². The van der Waals surface area contributed by atoms with E-state index >= 15 is 0 Å². The first-order valence-corrected chi connectivity index (χ1v) is 10.2. The van der Waals surface area contributed by atoms with Crippen molar-refractivity contribution in [2.24, 2.45) is 4.99 Å². The van der Waals surface area contributed by atoms with Gasteiger partial charge < -0.3 is 10.2 Å². The van der Waals surface area contributed by atoms with Gasteiger partial charge in [0.15, 0.2) is 5.96 Å². The lowest BCUT2D eigenvalue weighted by Gasteiger charge is -2.22. The Morgan fingerprint density at radius 3 is 2.81 bits per heavy atom. The quantitative estimate of drug-likeness (QED) is 0.430. The van der Waals surface area contributed by atoms with E-state index in [1.165, 1.54) is 5.56 Å². The third-order valence-corrected chi connectivity index (χ3v) is 5.30. The summed E-state index contributed by atoms with van der Waals surface area (Å²) in [5, 5.41) is 7.85. The Labute approximate surface area is 168 Å². The minimum Gasteiger partial charge on any atom is -0.356 e. The molecular weight excluding hydrogens is 408 g/mol. The van der Waals surface area contributed by atoms with Gasteiger partial charge in [-0.2, -0.15) is 5.10 Å². The highest BCUT2D eigenvalue weighted by atomic mass is 79.9. The number of nitrogens with one attached hydrogen (secondary N) is 1. The molecule has 0 atom stereocenters. The van der Waals surface area contributed by atoms with Crippen LogP contribution in [0.1, 0.15) is 30.7 Å². The predicted molar refractivity (Wildman–Crippen MR) is 111 cm³/mol. The number of hydrogen-bond acceptors (Lipinski definition) is 3. The van der Waals surface area contributed by atoms with Gasteiger partial charge in [0.25, 0.3) is 0 Å². The molecule has 0 spiro atoms. The van der Waals surface area contributed by atoms with Gasteiger partial charge in [-0.3, -0.25) is 9.56 Å². The van der Waals surface area contributed by atoms with E-state index in [2.05, 4.69) is 48.4 Å². The number of fused-ring (bicyclic) bond motifs is 1. The van der Waals surface area contributed by atoms with Crippen molar-refractivity contribution in [1.82, 2.24) is 24.6 Å². The average Bonchev–Trinajstić information content (AvgIpc) is 3.00. The van der Waals surface area contributed by atoms with E-state index in [-0.39, 0.29) is 5.69 Å². The highest BCUT2D eigenvalue weighted by molar-refractivity contribution is 9.10. The van der Waals surface area contributed by atoms with Crippen LogP contribution in [0, 0.1) is 0 Å². The predicted octanol–water partition coefficient (Wildman–Crippen LogP) is 2.24. The largest absolute Gasteiger partial charge is 0.356 e. The molecule has 27 heavy (non-hydrogen) atoms. The molecule has 0 aliphatic carbocycles. The summed E-state index contributed by atoms with van der Waals surface area (Å²) in [4.78, 5) is 18.8. The van der Waals surface area contributed by atoms with Gasteiger partial charge in [-0.25, -0.2) is 9.48 Å². The van der Waals surface area contributed by atoms with Gasteiger partial charge >= 0.3 is 5.69 Å². The summed E-state index contributed by atoms with van der Waals surface area (Å²) in [7, 11) is 3.81. The number of hydrogen-bond donors (Lipinski definition) is 1. The lowest BCUT2D eigenvalue weighted by atomic mass is 10.2. The molecule has 7 nitrogen and oxygen atoms in total. The van der Waals surface area contributed by atoms with Crippen molar-refractivity contribution in [1.29, 1.82) is 0 Å². The van der Waals surface area contributed by atoms with E-state index in [4.69, 9.17) is 0 Å². The maximum absolute atomic E-state index is 12.3. The molecule has 1 aliphatic rings. The Balaban J connectivity index is 1.48. The smallest absolute Gasteiger partial charge is 0.345 e. The fourth-order valence-corrected chi connectivity index (χ4v) is 3.61. The number of nitrogens with zero attached hydrogens (tertiary/aromatic N) is 5. The van der Waals surface area contributed by atoms with Crippen molar-refractivity contribution in [2.45, 2.75) is 45.3 Å². The molecule has 0 bridgehead atoms.